The van der Waals surface area contributed by atoms with Gasteiger partial charge in [0.05, 0.1) is 50.2 Å². The summed E-state index contributed by atoms with van der Waals surface area (Å²) in [5, 5.41) is 5.55. The van der Waals surface area contributed by atoms with E-state index in [4.69, 9.17) is 25.2 Å². The van der Waals surface area contributed by atoms with Gasteiger partial charge in [-0.25, -0.2) is 14.6 Å². The summed E-state index contributed by atoms with van der Waals surface area (Å²) in [5.74, 6) is 1.18. The van der Waals surface area contributed by atoms with Crippen molar-refractivity contribution in [1.82, 2.24) is 29.6 Å². The minimum atomic E-state index is 0.485. The van der Waals surface area contributed by atoms with Crippen molar-refractivity contribution in [1.29, 1.82) is 0 Å². The molecule has 0 spiro atoms. The molecule has 0 atom stereocenters. The Morgan fingerprint density at radius 1 is 0.900 bits per heavy atom. The molecule has 0 aliphatic carbocycles. The Morgan fingerprint density at radius 3 is 2.40 bits per heavy atom. The summed E-state index contributed by atoms with van der Waals surface area (Å²) < 4.78 is 12.9. The first-order valence-corrected chi connectivity index (χ1v) is 10.4. The first-order valence-electron chi connectivity index (χ1n) is 10.4. The van der Waals surface area contributed by atoms with Crippen molar-refractivity contribution in [3.8, 4) is 11.3 Å². The second-order valence-electron chi connectivity index (χ2n) is 7.50. The molecule has 2 aliphatic heterocycles. The highest BCUT2D eigenvalue weighted by atomic mass is 16.5. The van der Waals surface area contributed by atoms with Crippen LogP contribution >= 0.6 is 0 Å². The van der Waals surface area contributed by atoms with E-state index in [1.165, 1.54) is 0 Å². The monoisotopic (exact) mass is 410 g/mol. The SMILES string of the molecule is Nc1ccc(-c2nc(N3CCOCC3)nc3c2cnn3CCN2CCOCC2)cn1. The smallest absolute Gasteiger partial charge is 0.228 e. The second kappa shape index (κ2) is 8.50. The molecule has 2 fully saturated rings. The van der Waals surface area contributed by atoms with Gasteiger partial charge in [0.15, 0.2) is 5.65 Å². The molecular weight excluding hydrogens is 384 g/mol. The molecule has 5 heterocycles. The Kier molecular flexibility index (Phi) is 5.43. The molecular formula is C20H26N8O2. The zero-order chi connectivity index (χ0) is 20.3. The Balaban J connectivity index is 1.52. The van der Waals surface area contributed by atoms with Crippen molar-refractivity contribution in [3.05, 3.63) is 24.5 Å². The van der Waals surface area contributed by atoms with Crippen LogP contribution in [0.3, 0.4) is 0 Å². The Hall–Kier alpha value is -2.82. The van der Waals surface area contributed by atoms with Crippen LogP contribution in [0.25, 0.3) is 22.3 Å². The van der Waals surface area contributed by atoms with Crippen LogP contribution in [-0.4, -0.2) is 88.8 Å². The zero-order valence-corrected chi connectivity index (χ0v) is 16.9. The van der Waals surface area contributed by atoms with E-state index in [1.54, 1.807) is 12.3 Å². The number of morpholine rings is 2. The maximum Gasteiger partial charge on any atom is 0.228 e. The summed E-state index contributed by atoms with van der Waals surface area (Å²) in [6, 6.07) is 3.73. The number of fused-ring (bicyclic) bond motifs is 1. The Bertz CT molecular complexity index is 994. The van der Waals surface area contributed by atoms with Crippen LogP contribution in [0, 0.1) is 0 Å². The number of hydrogen-bond acceptors (Lipinski definition) is 9. The lowest BCUT2D eigenvalue weighted by molar-refractivity contribution is 0.0361. The number of hydrogen-bond donors (Lipinski definition) is 1. The highest BCUT2D eigenvalue weighted by Crippen LogP contribution is 2.28. The lowest BCUT2D eigenvalue weighted by Gasteiger charge is -2.27. The van der Waals surface area contributed by atoms with Crippen LogP contribution in [0.1, 0.15) is 0 Å². The van der Waals surface area contributed by atoms with Gasteiger partial charge in [0.2, 0.25) is 5.95 Å². The van der Waals surface area contributed by atoms with E-state index in [-0.39, 0.29) is 0 Å². The quantitative estimate of drug-likeness (QED) is 0.648. The number of nitrogens with zero attached hydrogens (tertiary/aromatic N) is 7. The second-order valence-corrected chi connectivity index (χ2v) is 7.50. The maximum atomic E-state index is 5.78. The van der Waals surface area contributed by atoms with Gasteiger partial charge in [-0.05, 0) is 12.1 Å². The first kappa shape index (κ1) is 19.2. The zero-order valence-electron chi connectivity index (χ0n) is 16.9. The number of pyridine rings is 1. The number of aromatic nitrogens is 5. The molecule has 2 aliphatic rings. The number of nitrogens with two attached hydrogens (primary N) is 1. The van der Waals surface area contributed by atoms with Crippen molar-refractivity contribution in [2.24, 2.45) is 0 Å². The summed E-state index contributed by atoms with van der Waals surface area (Å²) in [6.07, 6.45) is 3.61. The van der Waals surface area contributed by atoms with Gasteiger partial charge < -0.3 is 20.1 Å². The highest BCUT2D eigenvalue weighted by Gasteiger charge is 2.20. The molecule has 0 radical (unpaired) electrons. The van der Waals surface area contributed by atoms with Crippen molar-refractivity contribution in [2.75, 3.05) is 69.8 Å². The van der Waals surface area contributed by atoms with Crippen LogP contribution in [0.5, 0.6) is 0 Å². The van der Waals surface area contributed by atoms with Crippen molar-refractivity contribution in [3.63, 3.8) is 0 Å². The number of anilines is 2. The number of nitrogen functional groups attached to an aromatic ring is 1. The number of ether oxygens (including phenoxy) is 2. The molecule has 3 aromatic heterocycles. The van der Waals surface area contributed by atoms with E-state index in [0.717, 1.165) is 74.8 Å². The van der Waals surface area contributed by atoms with Crippen molar-refractivity contribution in [2.45, 2.75) is 6.54 Å². The molecule has 158 valence electrons. The molecule has 3 aromatic rings. The summed E-state index contributed by atoms with van der Waals surface area (Å²) in [7, 11) is 0. The van der Waals surface area contributed by atoms with Gasteiger partial charge in [0.1, 0.15) is 5.82 Å². The minimum Gasteiger partial charge on any atom is -0.384 e. The molecule has 10 nitrogen and oxygen atoms in total. The average Bonchev–Trinajstić information content (AvgIpc) is 3.22. The molecule has 0 saturated carbocycles. The molecule has 0 aromatic carbocycles. The lowest BCUT2D eigenvalue weighted by atomic mass is 10.1. The molecule has 0 bridgehead atoms. The van der Waals surface area contributed by atoms with E-state index >= 15 is 0 Å². The van der Waals surface area contributed by atoms with E-state index in [1.807, 2.05) is 16.9 Å². The van der Waals surface area contributed by atoms with E-state index in [0.29, 0.717) is 25.0 Å². The minimum absolute atomic E-state index is 0.485. The van der Waals surface area contributed by atoms with Gasteiger partial charge in [0.25, 0.3) is 0 Å². The standard InChI is InChI=1S/C20H26N8O2/c21-17-2-1-15(13-22-17)18-16-14-23-28(4-3-26-5-9-29-10-6-26)19(16)25-20(24-18)27-7-11-30-12-8-27/h1-2,13-14H,3-12H2,(H2,21,22). The largest absolute Gasteiger partial charge is 0.384 e. The summed E-state index contributed by atoms with van der Waals surface area (Å²) in [6.45, 7) is 8.06. The summed E-state index contributed by atoms with van der Waals surface area (Å²) in [5.41, 5.74) is 8.35. The fraction of sp³-hybridized carbons (Fsp3) is 0.500. The fourth-order valence-electron chi connectivity index (χ4n) is 3.84. The Labute approximate surface area is 174 Å². The maximum absolute atomic E-state index is 5.78. The fourth-order valence-corrected chi connectivity index (χ4v) is 3.84. The normalized spacial score (nSPS) is 18.2. The molecule has 0 unspecified atom stereocenters. The van der Waals surface area contributed by atoms with Gasteiger partial charge in [-0.1, -0.05) is 0 Å². The highest BCUT2D eigenvalue weighted by molar-refractivity contribution is 5.91. The molecule has 5 rings (SSSR count). The number of rotatable bonds is 5. The molecule has 2 N–H and O–H groups in total. The first-order chi connectivity index (χ1) is 14.8. The van der Waals surface area contributed by atoms with Gasteiger partial charge >= 0.3 is 0 Å². The lowest BCUT2D eigenvalue weighted by Crippen LogP contribution is -2.38. The van der Waals surface area contributed by atoms with Crippen LogP contribution in [0.2, 0.25) is 0 Å². The van der Waals surface area contributed by atoms with E-state index in [9.17, 15) is 0 Å². The Morgan fingerprint density at radius 2 is 1.67 bits per heavy atom. The summed E-state index contributed by atoms with van der Waals surface area (Å²) in [4.78, 5) is 18.6. The van der Waals surface area contributed by atoms with Gasteiger partial charge in [-0.15, -0.1) is 0 Å². The average molecular weight is 410 g/mol. The van der Waals surface area contributed by atoms with Crippen molar-refractivity contribution >= 4 is 22.8 Å². The van der Waals surface area contributed by atoms with Crippen molar-refractivity contribution < 1.29 is 9.47 Å². The van der Waals surface area contributed by atoms with E-state index in [2.05, 4.69) is 19.9 Å². The summed E-state index contributed by atoms with van der Waals surface area (Å²) >= 11 is 0. The molecule has 10 heteroatoms. The van der Waals surface area contributed by atoms with Gasteiger partial charge in [-0.3, -0.25) is 4.90 Å². The van der Waals surface area contributed by atoms with E-state index < -0.39 is 0 Å². The third kappa shape index (κ3) is 3.93. The molecule has 30 heavy (non-hydrogen) atoms. The van der Waals surface area contributed by atoms with Crippen LogP contribution in [0.4, 0.5) is 11.8 Å². The van der Waals surface area contributed by atoms with Gasteiger partial charge in [-0.2, -0.15) is 10.1 Å². The van der Waals surface area contributed by atoms with Gasteiger partial charge in [0, 0.05) is 44.5 Å². The third-order valence-electron chi connectivity index (χ3n) is 5.57. The van der Waals surface area contributed by atoms with Crippen LogP contribution in [0.15, 0.2) is 24.5 Å². The molecule has 0 amide bonds. The van der Waals surface area contributed by atoms with Crippen LogP contribution < -0.4 is 10.6 Å². The third-order valence-corrected chi connectivity index (χ3v) is 5.57. The molecule has 2 saturated heterocycles. The predicted molar refractivity (Wildman–Crippen MR) is 113 cm³/mol. The van der Waals surface area contributed by atoms with Crippen LogP contribution in [-0.2, 0) is 16.0 Å². The topological polar surface area (TPSA) is 107 Å². The predicted octanol–water partition coefficient (Wildman–Crippen LogP) is 0.639.